The van der Waals surface area contributed by atoms with Crippen LogP contribution in [0.4, 0.5) is 0 Å². The van der Waals surface area contributed by atoms with Crippen LogP contribution in [0.3, 0.4) is 0 Å². The second-order valence-corrected chi connectivity index (χ2v) is 8.69. The molecule has 31 heavy (non-hydrogen) atoms. The van der Waals surface area contributed by atoms with Crippen LogP contribution in [0.5, 0.6) is 5.75 Å². The van der Waals surface area contributed by atoms with E-state index in [0.29, 0.717) is 0 Å². The molecule has 0 radical (unpaired) electrons. The third-order valence-corrected chi connectivity index (χ3v) is 6.82. The maximum atomic E-state index is 10.7. The highest BCUT2D eigenvalue weighted by Crippen LogP contribution is 2.39. The Kier molecular flexibility index (Phi) is 6.65. The molecular formula is C25H32O6. The Hall–Kier alpha value is -1.96. The molecule has 1 saturated heterocycles. The first-order valence-corrected chi connectivity index (χ1v) is 11.0. The number of hydrogen-bond acceptors (Lipinski definition) is 6. The van der Waals surface area contributed by atoms with Gasteiger partial charge in [-0.25, -0.2) is 0 Å². The summed E-state index contributed by atoms with van der Waals surface area (Å²) in [6.07, 6.45) is -0.706. The minimum Gasteiger partial charge on any atom is -0.497 e. The molecule has 0 unspecified atom stereocenters. The molecule has 2 aromatic rings. The predicted octanol–water partition coefficient (Wildman–Crippen LogP) is 1.99. The third-order valence-electron chi connectivity index (χ3n) is 6.82. The summed E-state index contributed by atoms with van der Waals surface area (Å²) in [4.78, 5) is 0. The van der Waals surface area contributed by atoms with E-state index in [0.717, 1.165) is 54.5 Å². The lowest BCUT2D eigenvalue weighted by atomic mass is 9.79. The van der Waals surface area contributed by atoms with Gasteiger partial charge in [0.25, 0.3) is 0 Å². The molecule has 168 valence electrons. The van der Waals surface area contributed by atoms with Gasteiger partial charge in [-0.1, -0.05) is 18.2 Å². The fourth-order valence-electron chi connectivity index (χ4n) is 5.01. The molecular weight excluding hydrogens is 396 g/mol. The van der Waals surface area contributed by atoms with Crippen molar-refractivity contribution in [3.8, 4) is 5.75 Å². The van der Waals surface area contributed by atoms with Gasteiger partial charge in [-0.2, -0.15) is 0 Å². The summed E-state index contributed by atoms with van der Waals surface area (Å²) >= 11 is 0. The fraction of sp³-hybridized carbons (Fsp3) is 0.520. The number of methoxy groups -OCH3 is 1. The molecule has 6 heteroatoms. The number of ether oxygens (including phenoxy) is 2. The van der Waals surface area contributed by atoms with Crippen molar-refractivity contribution in [3.63, 3.8) is 0 Å². The quantitative estimate of drug-likeness (QED) is 0.581. The second-order valence-electron chi connectivity index (χ2n) is 8.69. The molecule has 0 spiro atoms. The van der Waals surface area contributed by atoms with Crippen molar-refractivity contribution in [3.05, 3.63) is 63.7 Å². The summed E-state index contributed by atoms with van der Waals surface area (Å²) < 4.78 is 11.2. The molecule has 1 heterocycles. The van der Waals surface area contributed by atoms with Crippen molar-refractivity contribution in [1.29, 1.82) is 0 Å². The molecule has 1 fully saturated rings. The summed E-state index contributed by atoms with van der Waals surface area (Å²) in [5.41, 5.74) is 6.91. The van der Waals surface area contributed by atoms with Gasteiger partial charge < -0.3 is 29.9 Å². The molecule has 0 aromatic heterocycles. The van der Waals surface area contributed by atoms with Crippen LogP contribution in [-0.4, -0.2) is 58.6 Å². The van der Waals surface area contributed by atoms with Gasteiger partial charge in [0.15, 0.2) is 0 Å². The fourth-order valence-corrected chi connectivity index (χ4v) is 5.01. The lowest BCUT2D eigenvalue weighted by Crippen LogP contribution is -2.55. The van der Waals surface area contributed by atoms with Crippen molar-refractivity contribution in [2.24, 2.45) is 0 Å². The molecule has 1 aliphatic heterocycles. The first-order chi connectivity index (χ1) is 14.9. The lowest BCUT2D eigenvalue weighted by Gasteiger charge is -2.41. The number of hydrogen-bond donors (Lipinski definition) is 4. The number of fused-ring (bicyclic) bond motifs is 1. The van der Waals surface area contributed by atoms with E-state index >= 15 is 0 Å². The van der Waals surface area contributed by atoms with Gasteiger partial charge in [0.2, 0.25) is 0 Å². The number of benzene rings is 2. The van der Waals surface area contributed by atoms with E-state index < -0.39 is 37.1 Å². The van der Waals surface area contributed by atoms with Crippen molar-refractivity contribution in [2.75, 3.05) is 13.7 Å². The highest BCUT2D eigenvalue weighted by molar-refractivity contribution is 5.50. The van der Waals surface area contributed by atoms with Gasteiger partial charge in [0, 0.05) is 0 Å². The van der Waals surface area contributed by atoms with Crippen molar-refractivity contribution in [1.82, 2.24) is 0 Å². The van der Waals surface area contributed by atoms with Crippen molar-refractivity contribution in [2.45, 2.75) is 69.5 Å². The number of aliphatic hydroxyl groups is 4. The average molecular weight is 429 g/mol. The van der Waals surface area contributed by atoms with E-state index in [4.69, 9.17) is 9.47 Å². The van der Waals surface area contributed by atoms with E-state index in [1.165, 1.54) is 16.7 Å². The van der Waals surface area contributed by atoms with Gasteiger partial charge in [-0.3, -0.25) is 0 Å². The molecule has 0 amide bonds. The molecule has 0 saturated carbocycles. The molecule has 4 rings (SSSR count). The van der Waals surface area contributed by atoms with E-state index in [1.54, 1.807) is 7.11 Å². The summed E-state index contributed by atoms with van der Waals surface area (Å²) in [6, 6.07) is 10.1. The van der Waals surface area contributed by atoms with Crippen LogP contribution in [0, 0.1) is 6.92 Å². The number of rotatable bonds is 5. The Bertz CT molecular complexity index is 907. The van der Waals surface area contributed by atoms with E-state index in [-0.39, 0.29) is 0 Å². The topological polar surface area (TPSA) is 99.4 Å². The Morgan fingerprint density at radius 3 is 2.29 bits per heavy atom. The SMILES string of the molecule is COc1ccc(Cc2cc([C@@H]3O[C@H](CO)[C@@H](O)[C@H](O)[C@H]3O)c(C)c3c2CCCC3)cc1. The van der Waals surface area contributed by atoms with E-state index in [1.807, 2.05) is 19.1 Å². The smallest absolute Gasteiger partial charge is 0.118 e. The van der Waals surface area contributed by atoms with Gasteiger partial charge >= 0.3 is 0 Å². The van der Waals surface area contributed by atoms with E-state index in [9.17, 15) is 20.4 Å². The van der Waals surface area contributed by atoms with Crippen LogP contribution < -0.4 is 4.74 Å². The van der Waals surface area contributed by atoms with Crippen LogP contribution >= 0.6 is 0 Å². The minimum atomic E-state index is -1.38. The Labute approximate surface area is 183 Å². The Morgan fingerprint density at radius 1 is 0.968 bits per heavy atom. The maximum Gasteiger partial charge on any atom is 0.118 e. The Balaban J connectivity index is 1.75. The zero-order chi connectivity index (χ0) is 22.1. The molecule has 4 N–H and O–H groups in total. The van der Waals surface area contributed by atoms with E-state index in [2.05, 4.69) is 18.2 Å². The van der Waals surface area contributed by atoms with Crippen LogP contribution in [0.15, 0.2) is 30.3 Å². The van der Waals surface area contributed by atoms with Gasteiger partial charge in [0.1, 0.15) is 36.3 Å². The van der Waals surface area contributed by atoms with Gasteiger partial charge in [0.05, 0.1) is 13.7 Å². The van der Waals surface area contributed by atoms with Gasteiger partial charge in [-0.15, -0.1) is 0 Å². The molecule has 2 aromatic carbocycles. The molecule has 1 aliphatic carbocycles. The van der Waals surface area contributed by atoms with Crippen LogP contribution in [0.25, 0.3) is 0 Å². The second kappa shape index (κ2) is 9.27. The zero-order valence-corrected chi connectivity index (χ0v) is 18.1. The van der Waals surface area contributed by atoms with Crippen LogP contribution in [0.2, 0.25) is 0 Å². The molecule has 0 bridgehead atoms. The van der Waals surface area contributed by atoms with Crippen LogP contribution in [0.1, 0.15) is 52.3 Å². The Morgan fingerprint density at radius 2 is 1.65 bits per heavy atom. The molecule has 2 aliphatic rings. The monoisotopic (exact) mass is 428 g/mol. The third kappa shape index (κ3) is 4.23. The molecule has 6 nitrogen and oxygen atoms in total. The first-order valence-electron chi connectivity index (χ1n) is 11.0. The normalized spacial score (nSPS) is 28.3. The largest absolute Gasteiger partial charge is 0.497 e. The average Bonchev–Trinajstić information content (AvgIpc) is 2.80. The molecule has 5 atom stereocenters. The summed E-state index contributed by atoms with van der Waals surface area (Å²) in [5, 5.41) is 40.8. The summed E-state index contributed by atoms with van der Waals surface area (Å²) in [5.74, 6) is 0.816. The standard InChI is InChI=1S/C25H32O6/c1-14-18-5-3-4-6-19(18)16(11-15-7-9-17(30-2)10-8-15)12-20(14)25-24(29)23(28)22(27)21(13-26)31-25/h7-10,12,21-29H,3-6,11,13H2,1-2H3/t21-,22-,23+,24-,25+/m1/s1. The first kappa shape index (κ1) is 22.2. The summed E-state index contributed by atoms with van der Waals surface area (Å²) in [7, 11) is 1.65. The van der Waals surface area contributed by atoms with Crippen molar-refractivity contribution >= 4 is 0 Å². The van der Waals surface area contributed by atoms with Gasteiger partial charge in [-0.05, 0) is 84.5 Å². The maximum absolute atomic E-state index is 10.7. The van der Waals surface area contributed by atoms with Crippen molar-refractivity contribution < 1.29 is 29.9 Å². The van der Waals surface area contributed by atoms with Crippen LogP contribution in [-0.2, 0) is 24.0 Å². The highest BCUT2D eigenvalue weighted by atomic mass is 16.5. The minimum absolute atomic E-state index is 0.426. The number of aliphatic hydroxyl groups excluding tert-OH is 4. The predicted molar refractivity (Wildman–Crippen MR) is 116 cm³/mol. The lowest BCUT2D eigenvalue weighted by molar-refractivity contribution is -0.231. The summed E-state index contributed by atoms with van der Waals surface area (Å²) in [6.45, 7) is 1.61. The zero-order valence-electron chi connectivity index (χ0n) is 18.1. The highest BCUT2D eigenvalue weighted by Gasteiger charge is 2.44.